The molecule has 0 aliphatic carbocycles. The molecule has 0 aliphatic heterocycles. The van der Waals surface area contributed by atoms with Crippen molar-refractivity contribution in [1.29, 1.82) is 0 Å². The van der Waals surface area contributed by atoms with Gasteiger partial charge in [-0.05, 0) is 31.7 Å². The van der Waals surface area contributed by atoms with Crippen molar-refractivity contribution in [2.45, 2.75) is 58.8 Å². The molecule has 0 aromatic carbocycles. The molecule has 1 nitrogen and oxygen atoms in total. The smallest absolute Gasteiger partial charge is 0.00721 e. The number of halogens is 1. The zero-order valence-corrected chi connectivity index (χ0v) is 14.8. The van der Waals surface area contributed by atoms with Gasteiger partial charge in [0.2, 0.25) is 0 Å². The number of hydrogen-bond acceptors (Lipinski definition) is 2. The van der Waals surface area contributed by atoms with Crippen molar-refractivity contribution in [3.63, 3.8) is 0 Å². The Bertz CT molecular complexity index is 151. The highest BCUT2D eigenvalue weighted by Gasteiger charge is 1.98. The van der Waals surface area contributed by atoms with E-state index in [9.17, 15) is 0 Å². The van der Waals surface area contributed by atoms with Crippen LogP contribution in [0.1, 0.15) is 58.8 Å². The van der Waals surface area contributed by atoms with E-state index in [4.69, 9.17) is 0 Å². The van der Waals surface area contributed by atoms with Gasteiger partial charge in [-0.1, -0.05) is 61.9 Å². The van der Waals surface area contributed by atoms with Crippen LogP contribution in [0.4, 0.5) is 0 Å². The quantitative estimate of drug-likeness (QED) is 0.317. The third-order valence-corrected chi connectivity index (χ3v) is 4.98. The molecule has 0 saturated heterocycles. The molecule has 0 aromatic heterocycles. The van der Waals surface area contributed by atoms with E-state index in [1.54, 1.807) is 0 Å². The van der Waals surface area contributed by atoms with Gasteiger partial charge in [0, 0.05) is 17.6 Å². The molecule has 0 unspecified atom stereocenters. The number of hydrogen-bond donors (Lipinski definition) is 0. The summed E-state index contributed by atoms with van der Waals surface area (Å²) in [4.78, 5) is 2.51. The average molecular weight is 338 g/mol. The van der Waals surface area contributed by atoms with Crippen LogP contribution in [-0.2, 0) is 0 Å². The minimum atomic E-state index is 1.18. The number of rotatable bonds is 14. The van der Waals surface area contributed by atoms with E-state index >= 15 is 0 Å². The Hall–Kier alpha value is 0.790. The van der Waals surface area contributed by atoms with Gasteiger partial charge in [-0.15, -0.1) is 0 Å². The van der Waals surface area contributed by atoms with Crippen LogP contribution in [0.2, 0.25) is 0 Å². The molecule has 0 heterocycles. The van der Waals surface area contributed by atoms with Crippen LogP contribution < -0.4 is 0 Å². The molecule has 0 aliphatic rings. The van der Waals surface area contributed by atoms with Crippen molar-refractivity contribution < 1.29 is 0 Å². The molecule has 0 saturated carbocycles. The van der Waals surface area contributed by atoms with Crippen LogP contribution in [0, 0.1) is 0 Å². The summed E-state index contributed by atoms with van der Waals surface area (Å²) in [6.07, 6.45) is 9.93. The highest BCUT2D eigenvalue weighted by atomic mass is 79.9. The van der Waals surface area contributed by atoms with Crippen molar-refractivity contribution >= 4 is 27.7 Å². The lowest BCUT2D eigenvalue weighted by Gasteiger charge is -2.17. The predicted molar refractivity (Wildman–Crippen MR) is 91.2 cm³/mol. The Kier molecular flexibility index (Phi) is 16.5. The minimum absolute atomic E-state index is 1.18. The van der Waals surface area contributed by atoms with Crippen LogP contribution in [0.3, 0.4) is 0 Å². The monoisotopic (exact) mass is 337 g/mol. The summed E-state index contributed by atoms with van der Waals surface area (Å²) in [5, 5.41) is 1.18. The van der Waals surface area contributed by atoms with E-state index in [2.05, 4.69) is 46.4 Å². The molecular weight excluding hydrogens is 306 g/mol. The maximum atomic E-state index is 3.48. The third-order valence-electron chi connectivity index (χ3n) is 3.37. The molecule has 0 spiro atoms. The molecule has 0 radical (unpaired) electrons. The summed E-state index contributed by atoms with van der Waals surface area (Å²) in [6, 6.07) is 0. The van der Waals surface area contributed by atoms with Gasteiger partial charge in [0.15, 0.2) is 0 Å². The Morgan fingerprint density at radius 1 is 0.778 bits per heavy atom. The SMILES string of the molecule is CCN(CC)CCSCCCCCCCCCBr. The lowest BCUT2D eigenvalue weighted by atomic mass is 10.1. The van der Waals surface area contributed by atoms with Crippen LogP contribution in [0.15, 0.2) is 0 Å². The van der Waals surface area contributed by atoms with Crippen LogP contribution in [-0.4, -0.2) is 41.4 Å². The van der Waals surface area contributed by atoms with Gasteiger partial charge in [-0.25, -0.2) is 0 Å². The largest absolute Gasteiger partial charge is 0.303 e. The van der Waals surface area contributed by atoms with Gasteiger partial charge in [0.1, 0.15) is 0 Å². The molecule has 18 heavy (non-hydrogen) atoms. The number of thioether (sulfide) groups is 1. The number of nitrogens with zero attached hydrogens (tertiary/aromatic N) is 1. The van der Waals surface area contributed by atoms with Crippen LogP contribution in [0.25, 0.3) is 0 Å². The fourth-order valence-corrected chi connectivity index (χ4v) is 3.41. The predicted octanol–water partition coefficient (Wildman–Crippen LogP) is 5.19. The lowest BCUT2D eigenvalue weighted by molar-refractivity contribution is 0.324. The van der Waals surface area contributed by atoms with Gasteiger partial charge in [-0.2, -0.15) is 11.8 Å². The van der Waals surface area contributed by atoms with Crippen molar-refractivity contribution in [2.24, 2.45) is 0 Å². The maximum Gasteiger partial charge on any atom is 0.00721 e. The number of unbranched alkanes of at least 4 members (excludes halogenated alkanes) is 6. The molecule has 0 atom stereocenters. The highest BCUT2D eigenvalue weighted by molar-refractivity contribution is 9.09. The van der Waals surface area contributed by atoms with Gasteiger partial charge in [0.25, 0.3) is 0 Å². The molecule has 110 valence electrons. The van der Waals surface area contributed by atoms with E-state index in [0.29, 0.717) is 0 Å². The van der Waals surface area contributed by atoms with Crippen molar-refractivity contribution in [2.75, 3.05) is 36.5 Å². The van der Waals surface area contributed by atoms with E-state index in [1.807, 2.05) is 0 Å². The Morgan fingerprint density at radius 3 is 1.89 bits per heavy atom. The van der Waals surface area contributed by atoms with Gasteiger partial charge in [0.05, 0.1) is 0 Å². The second kappa shape index (κ2) is 15.8. The zero-order valence-electron chi connectivity index (χ0n) is 12.4. The molecule has 0 aromatic rings. The van der Waals surface area contributed by atoms with E-state index < -0.39 is 0 Å². The second-order valence-corrected chi connectivity index (χ2v) is 6.82. The van der Waals surface area contributed by atoms with Crippen molar-refractivity contribution in [3.8, 4) is 0 Å². The molecule has 3 heteroatoms. The minimum Gasteiger partial charge on any atom is -0.303 e. The van der Waals surface area contributed by atoms with E-state index in [-0.39, 0.29) is 0 Å². The third kappa shape index (κ3) is 13.2. The van der Waals surface area contributed by atoms with Crippen molar-refractivity contribution in [1.82, 2.24) is 4.90 Å². The Labute approximate surface area is 128 Å². The zero-order chi connectivity index (χ0) is 13.5. The fourth-order valence-electron chi connectivity index (χ4n) is 2.02. The Balaban J connectivity index is 3.03. The lowest BCUT2D eigenvalue weighted by Crippen LogP contribution is -2.25. The van der Waals surface area contributed by atoms with Gasteiger partial charge in [-0.3, -0.25) is 0 Å². The first kappa shape index (κ1) is 18.8. The maximum absolute atomic E-state index is 3.48. The summed E-state index contributed by atoms with van der Waals surface area (Å²) >= 11 is 5.62. The molecule has 0 rings (SSSR count). The summed E-state index contributed by atoms with van der Waals surface area (Å²) in [6.45, 7) is 8.18. The molecular formula is C15H32BrNS. The first-order valence-corrected chi connectivity index (χ1v) is 9.98. The van der Waals surface area contributed by atoms with Crippen LogP contribution >= 0.6 is 27.7 Å². The van der Waals surface area contributed by atoms with Gasteiger partial charge < -0.3 is 4.90 Å². The van der Waals surface area contributed by atoms with Crippen molar-refractivity contribution in [3.05, 3.63) is 0 Å². The first-order valence-electron chi connectivity index (χ1n) is 7.71. The Morgan fingerprint density at radius 2 is 1.33 bits per heavy atom. The highest BCUT2D eigenvalue weighted by Crippen LogP contribution is 2.11. The summed E-state index contributed by atoms with van der Waals surface area (Å²) in [5.41, 5.74) is 0. The van der Waals surface area contributed by atoms with E-state index in [0.717, 1.165) is 0 Å². The average Bonchev–Trinajstić information content (AvgIpc) is 2.40. The molecule has 0 amide bonds. The van der Waals surface area contributed by atoms with Gasteiger partial charge >= 0.3 is 0 Å². The summed E-state index contributed by atoms with van der Waals surface area (Å²) in [5.74, 6) is 2.68. The molecule has 0 bridgehead atoms. The van der Waals surface area contributed by atoms with E-state index in [1.165, 1.54) is 81.4 Å². The summed E-state index contributed by atoms with van der Waals surface area (Å²) < 4.78 is 0. The molecule has 0 N–H and O–H groups in total. The summed E-state index contributed by atoms with van der Waals surface area (Å²) in [7, 11) is 0. The standard InChI is InChI=1S/C15H32BrNS/c1-3-17(4-2)13-15-18-14-11-9-7-5-6-8-10-12-16/h3-15H2,1-2H3. The second-order valence-electron chi connectivity index (χ2n) is 4.80. The topological polar surface area (TPSA) is 3.24 Å². The molecule has 0 fully saturated rings. The number of alkyl halides is 1. The normalized spacial score (nSPS) is 11.3. The fraction of sp³-hybridized carbons (Fsp3) is 1.00. The first-order chi connectivity index (χ1) is 8.85. The van der Waals surface area contributed by atoms with Crippen LogP contribution in [0.5, 0.6) is 0 Å².